The van der Waals surface area contributed by atoms with Crippen molar-refractivity contribution in [1.82, 2.24) is 0 Å². The molecule has 1 fully saturated rings. The van der Waals surface area contributed by atoms with Crippen molar-refractivity contribution in [3.63, 3.8) is 0 Å². The molecule has 8 heteroatoms. The predicted molar refractivity (Wildman–Crippen MR) is 90.2 cm³/mol. The fraction of sp³-hybridized carbons (Fsp3) is 0.800. The van der Waals surface area contributed by atoms with Crippen molar-refractivity contribution in [2.45, 2.75) is 58.4 Å². The molecule has 0 aromatic rings. The Morgan fingerprint density at radius 2 is 1.61 bits per heavy atom. The Balaban J connectivity index is 3.02. The number of carbonyl (C=O) groups excluding carboxylic acids is 3. The summed E-state index contributed by atoms with van der Waals surface area (Å²) >= 11 is 2.71. The number of ether oxygens (including phenoxy) is 3. The number of hydrogen-bond donors (Lipinski definition) is 0. The second-order valence-corrected chi connectivity index (χ2v) is 7.88. The number of carbonyl (C=O) groups is 3. The van der Waals surface area contributed by atoms with Crippen LogP contribution in [0.25, 0.3) is 0 Å². The molecule has 1 saturated heterocycles. The van der Waals surface area contributed by atoms with E-state index in [9.17, 15) is 14.4 Å². The normalized spacial score (nSPS) is 30.6. The van der Waals surface area contributed by atoms with Crippen molar-refractivity contribution in [3.8, 4) is 0 Å². The lowest BCUT2D eigenvalue weighted by molar-refractivity contribution is -0.206. The molecule has 0 radical (unpaired) electrons. The maximum atomic E-state index is 11.5. The lowest BCUT2D eigenvalue weighted by atomic mass is 9.93. The number of esters is 2. The predicted octanol–water partition coefficient (Wildman–Crippen LogP) is 2.24. The van der Waals surface area contributed by atoms with Gasteiger partial charge in [0.1, 0.15) is 17.6 Å². The van der Waals surface area contributed by atoms with Crippen LogP contribution in [0.2, 0.25) is 0 Å². The third kappa shape index (κ3) is 6.35. The van der Waals surface area contributed by atoms with Gasteiger partial charge in [0, 0.05) is 32.4 Å². The molecule has 0 spiro atoms. The van der Waals surface area contributed by atoms with Crippen LogP contribution in [0.4, 0.5) is 0 Å². The topological polar surface area (TPSA) is 78.9 Å². The van der Waals surface area contributed by atoms with Crippen LogP contribution >= 0.6 is 23.5 Å². The van der Waals surface area contributed by atoms with Crippen molar-refractivity contribution >= 4 is 40.6 Å². The summed E-state index contributed by atoms with van der Waals surface area (Å²) in [6, 6.07) is 0. The fourth-order valence-corrected chi connectivity index (χ4v) is 4.10. The highest BCUT2D eigenvalue weighted by molar-refractivity contribution is 8.13. The van der Waals surface area contributed by atoms with Gasteiger partial charge in [-0.15, -0.1) is 11.8 Å². The SMILES string of the molecule is CCSC1OC(CSC(C)=O)[C@H](OC(C)=O)[C@H](OC(C)=O)[C@H]1C. The van der Waals surface area contributed by atoms with Crippen molar-refractivity contribution in [3.05, 3.63) is 0 Å². The molecule has 1 heterocycles. The van der Waals surface area contributed by atoms with E-state index in [0.717, 1.165) is 17.5 Å². The maximum absolute atomic E-state index is 11.5. The first kappa shape index (κ1) is 20.3. The van der Waals surface area contributed by atoms with Crippen LogP contribution in [-0.4, -0.2) is 52.3 Å². The molecule has 1 aliphatic rings. The largest absolute Gasteiger partial charge is 0.458 e. The van der Waals surface area contributed by atoms with Crippen LogP contribution in [0.1, 0.15) is 34.6 Å². The molecule has 0 bridgehead atoms. The molecule has 0 aromatic heterocycles. The van der Waals surface area contributed by atoms with Gasteiger partial charge in [0.2, 0.25) is 0 Å². The Morgan fingerprint density at radius 1 is 1.04 bits per heavy atom. The summed E-state index contributed by atoms with van der Waals surface area (Å²) in [6.07, 6.45) is -1.81. The first-order valence-electron chi connectivity index (χ1n) is 7.51. The monoisotopic (exact) mass is 364 g/mol. The highest BCUT2D eigenvalue weighted by Gasteiger charge is 2.47. The molecule has 1 aliphatic heterocycles. The first-order chi connectivity index (χ1) is 10.8. The minimum Gasteiger partial charge on any atom is -0.458 e. The molecular formula is C15H24O6S2. The van der Waals surface area contributed by atoms with Gasteiger partial charge in [0.25, 0.3) is 0 Å². The second-order valence-electron chi connectivity index (χ2n) is 5.31. The molecule has 0 aliphatic carbocycles. The molecule has 0 aromatic carbocycles. The fourth-order valence-electron chi connectivity index (χ4n) is 2.43. The van der Waals surface area contributed by atoms with Crippen LogP contribution in [0.15, 0.2) is 0 Å². The van der Waals surface area contributed by atoms with E-state index in [1.807, 2.05) is 13.8 Å². The molecule has 6 nitrogen and oxygen atoms in total. The molecule has 23 heavy (non-hydrogen) atoms. The molecule has 0 amide bonds. The molecule has 2 unspecified atom stereocenters. The zero-order valence-corrected chi connectivity index (χ0v) is 15.7. The van der Waals surface area contributed by atoms with Gasteiger partial charge in [-0.2, -0.15) is 0 Å². The van der Waals surface area contributed by atoms with Gasteiger partial charge in [-0.25, -0.2) is 0 Å². The van der Waals surface area contributed by atoms with E-state index in [4.69, 9.17) is 14.2 Å². The second kappa shape index (κ2) is 9.54. The van der Waals surface area contributed by atoms with Gasteiger partial charge < -0.3 is 14.2 Å². The average molecular weight is 364 g/mol. The number of thioether (sulfide) groups is 2. The van der Waals surface area contributed by atoms with E-state index in [1.165, 1.54) is 20.8 Å². The smallest absolute Gasteiger partial charge is 0.303 e. The van der Waals surface area contributed by atoms with E-state index in [1.54, 1.807) is 11.8 Å². The standard InChI is InChI=1S/C15H24O6S2/c1-6-22-15-8(2)13(19-9(3)16)14(20-10(4)17)12(21-15)7-23-11(5)18/h8,12-15H,6-7H2,1-5H3/t8-,12?,13-,14+,15?/m1/s1. The summed E-state index contributed by atoms with van der Waals surface area (Å²) in [4.78, 5) is 34.2. The minimum atomic E-state index is -0.716. The minimum absolute atomic E-state index is 0.0440. The summed E-state index contributed by atoms with van der Waals surface area (Å²) in [6.45, 7) is 8.02. The highest BCUT2D eigenvalue weighted by Crippen LogP contribution is 2.36. The lowest BCUT2D eigenvalue weighted by Crippen LogP contribution is -2.56. The molecule has 0 N–H and O–H groups in total. The Hall–Kier alpha value is -0.730. The van der Waals surface area contributed by atoms with Crippen LogP contribution in [0, 0.1) is 5.92 Å². The third-order valence-corrected chi connectivity index (χ3v) is 5.44. The first-order valence-corrected chi connectivity index (χ1v) is 9.54. The summed E-state index contributed by atoms with van der Waals surface area (Å²) in [5, 5.41) is -0.0440. The maximum Gasteiger partial charge on any atom is 0.303 e. The Labute approximate surface area is 145 Å². The van der Waals surface area contributed by atoms with E-state index >= 15 is 0 Å². The summed E-state index contributed by atoms with van der Waals surface area (Å²) in [5.41, 5.74) is -0.186. The summed E-state index contributed by atoms with van der Waals surface area (Å²) < 4.78 is 16.8. The van der Waals surface area contributed by atoms with Crippen molar-refractivity contribution < 1.29 is 28.6 Å². The van der Waals surface area contributed by atoms with Crippen molar-refractivity contribution in [1.29, 1.82) is 0 Å². The van der Waals surface area contributed by atoms with Gasteiger partial charge in [0.15, 0.2) is 11.2 Å². The summed E-state index contributed by atoms with van der Waals surface area (Å²) in [7, 11) is 0. The van der Waals surface area contributed by atoms with E-state index in [2.05, 4.69) is 0 Å². The zero-order valence-electron chi connectivity index (χ0n) is 14.1. The Bertz CT molecular complexity index is 442. The van der Waals surface area contributed by atoms with Gasteiger partial charge in [-0.1, -0.05) is 25.6 Å². The third-order valence-electron chi connectivity index (χ3n) is 3.33. The molecule has 1 rings (SSSR count). The van der Waals surface area contributed by atoms with Crippen molar-refractivity contribution in [2.75, 3.05) is 11.5 Å². The molecular weight excluding hydrogens is 340 g/mol. The Morgan fingerprint density at radius 3 is 2.09 bits per heavy atom. The van der Waals surface area contributed by atoms with Crippen LogP contribution in [0.5, 0.6) is 0 Å². The zero-order chi connectivity index (χ0) is 17.6. The van der Waals surface area contributed by atoms with Crippen LogP contribution in [0.3, 0.4) is 0 Å². The van der Waals surface area contributed by atoms with Gasteiger partial charge in [0.05, 0.1) is 0 Å². The summed E-state index contributed by atoms with van der Waals surface area (Å²) in [5.74, 6) is 0.152. The molecule has 132 valence electrons. The Kier molecular flexibility index (Phi) is 8.42. The quantitative estimate of drug-likeness (QED) is 0.664. The van der Waals surface area contributed by atoms with Crippen molar-refractivity contribution in [2.24, 2.45) is 5.92 Å². The average Bonchev–Trinajstić information content (AvgIpc) is 2.43. The highest BCUT2D eigenvalue weighted by atomic mass is 32.2. The number of hydrogen-bond acceptors (Lipinski definition) is 8. The number of rotatable bonds is 6. The van der Waals surface area contributed by atoms with Gasteiger partial charge in [-0.3, -0.25) is 14.4 Å². The molecule has 0 saturated carbocycles. The van der Waals surface area contributed by atoms with E-state index in [-0.39, 0.29) is 16.5 Å². The van der Waals surface area contributed by atoms with Crippen LogP contribution < -0.4 is 0 Å². The molecule has 5 atom stereocenters. The van der Waals surface area contributed by atoms with E-state index < -0.39 is 30.3 Å². The lowest BCUT2D eigenvalue weighted by Gasteiger charge is -2.44. The van der Waals surface area contributed by atoms with Gasteiger partial charge in [-0.05, 0) is 5.75 Å². The van der Waals surface area contributed by atoms with Gasteiger partial charge >= 0.3 is 11.9 Å². The van der Waals surface area contributed by atoms with E-state index in [0.29, 0.717) is 5.75 Å². The van der Waals surface area contributed by atoms with Crippen LogP contribution in [-0.2, 0) is 28.6 Å².